The topological polar surface area (TPSA) is 12.4 Å². The van der Waals surface area contributed by atoms with Crippen molar-refractivity contribution in [1.82, 2.24) is 0 Å². The van der Waals surface area contributed by atoms with E-state index in [0.29, 0.717) is 5.92 Å². The summed E-state index contributed by atoms with van der Waals surface area (Å²) in [5, 5.41) is 4.91. The second kappa shape index (κ2) is 9.40. The summed E-state index contributed by atoms with van der Waals surface area (Å²) >= 11 is 1.77. The zero-order valence-electron chi connectivity index (χ0n) is 19.2. The van der Waals surface area contributed by atoms with E-state index in [1.807, 2.05) is 12.4 Å². The van der Waals surface area contributed by atoms with E-state index in [1.165, 1.54) is 62.7 Å². The van der Waals surface area contributed by atoms with Crippen LogP contribution in [0.5, 0.6) is 0 Å². The molecule has 0 saturated carbocycles. The Kier molecular flexibility index (Phi) is 5.83. The molecule has 4 aromatic rings. The molecule has 0 radical (unpaired) electrons. The summed E-state index contributed by atoms with van der Waals surface area (Å²) in [6.07, 6.45) is 15.1. The Labute approximate surface area is 205 Å². The van der Waals surface area contributed by atoms with Gasteiger partial charge in [0.05, 0.1) is 0 Å². The number of aryl methyl sites for hydroxylation is 1. The Morgan fingerprint density at radius 2 is 1.71 bits per heavy atom. The SMILES string of the molecule is C1=CC(c2ccccc2)CC2=C1c1ccc3ccccc3c1CC2.C1=Cc2sccc2CC=N1. The van der Waals surface area contributed by atoms with Crippen LogP contribution in [0.4, 0.5) is 0 Å². The standard InChI is InChI=1S/C24H20.C8H7NS/c1-2-6-17(7-3-1)19-11-13-22-20(16-19)12-15-23-21-9-5-4-8-18(21)10-14-24(22)23;1-4-9-5-2-8-7(1)3-6-10-8/h1-11,13-14,19H,12,15-16H2;2-6H,1H2. The molecule has 3 aromatic carbocycles. The molecular weight excluding hydrogens is 430 g/mol. The van der Waals surface area contributed by atoms with E-state index in [9.17, 15) is 0 Å². The number of allylic oxidation sites excluding steroid dienone is 4. The van der Waals surface area contributed by atoms with Gasteiger partial charge in [0, 0.05) is 29.6 Å². The lowest BCUT2D eigenvalue weighted by molar-refractivity contribution is 0.756. The van der Waals surface area contributed by atoms with Gasteiger partial charge in [-0.25, -0.2) is 0 Å². The molecule has 1 aromatic heterocycles. The Bertz CT molecular complexity index is 1450. The highest BCUT2D eigenvalue weighted by Gasteiger charge is 2.24. The number of fused-ring (bicyclic) bond motifs is 5. The van der Waals surface area contributed by atoms with Crippen molar-refractivity contribution in [1.29, 1.82) is 0 Å². The third-order valence-corrected chi connectivity index (χ3v) is 8.01. The van der Waals surface area contributed by atoms with Crippen molar-refractivity contribution in [2.45, 2.75) is 31.6 Å². The Hall–Kier alpha value is -3.49. The lowest BCUT2D eigenvalue weighted by Crippen LogP contribution is -2.11. The van der Waals surface area contributed by atoms with Gasteiger partial charge in [0.1, 0.15) is 0 Å². The van der Waals surface area contributed by atoms with Gasteiger partial charge < -0.3 is 0 Å². The Morgan fingerprint density at radius 1 is 0.824 bits per heavy atom. The van der Waals surface area contributed by atoms with E-state index >= 15 is 0 Å². The predicted octanol–water partition coefficient (Wildman–Crippen LogP) is 8.63. The van der Waals surface area contributed by atoms with E-state index < -0.39 is 0 Å². The molecule has 34 heavy (non-hydrogen) atoms. The summed E-state index contributed by atoms with van der Waals surface area (Å²) in [5.41, 5.74) is 8.93. The van der Waals surface area contributed by atoms with E-state index in [1.54, 1.807) is 16.9 Å². The van der Waals surface area contributed by atoms with Crippen molar-refractivity contribution in [2.24, 2.45) is 4.99 Å². The average molecular weight is 458 g/mol. The molecular formula is C32H27NS. The zero-order valence-corrected chi connectivity index (χ0v) is 20.0. The molecule has 7 rings (SSSR count). The molecule has 2 heteroatoms. The van der Waals surface area contributed by atoms with E-state index in [4.69, 9.17) is 0 Å². The summed E-state index contributed by atoms with van der Waals surface area (Å²) in [6, 6.07) is 26.5. The van der Waals surface area contributed by atoms with Crippen LogP contribution in [0.25, 0.3) is 22.4 Å². The molecule has 1 aliphatic heterocycles. The Balaban J connectivity index is 0.000000182. The normalized spacial score (nSPS) is 17.9. The largest absolute Gasteiger partial charge is 0.269 e. The van der Waals surface area contributed by atoms with Gasteiger partial charge in [0.2, 0.25) is 0 Å². The van der Waals surface area contributed by atoms with Crippen molar-refractivity contribution in [3.8, 4) is 0 Å². The van der Waals surface area contributed by atoms with Crippen LogP contribution in [0.15, 0.2) is 107 Å². The third kappa shape index (κ3) is 4.10. The van der Waals surface area contributed by atoms with E-state index in [2.05, 4.69) is 101 Å². The first kappa shape index (κ1) is 21.1. The van der Waals surface area contributed by atoms with Crippen molar-refractivity contribution < 1.29 is 0 Å². The minimum Gasteiger partial charge on any atom is -0.269 e. The molecule has 0 saturated heterocycles. The maximum absolute atomic E-state index is 4.06. The smallest absolute Gasteiger partial charge is 0.0321 e. The zero-order chi connectivity index (χ0) is 22.7. The summed E-state index contributed by atoms with van der Waals surface area (Å²) in [5.74, 6) is 0.534. The monoisotopic (exact) mass is 457 g/mol. The van der Waals surface area contributed by atoms with Crippen LogP contribution in [0.2, 0.25) is 0 Å². The molecule has 2 aliphatic carbocycles. The highest BCUT2D eigenvalue weighted by molar-refractivity contribution is 7.11. The highest BCUT2D eigenvalue weighted by Crippen LogP contribution is 2.43. The molecule has 0 bridgehead atoms. The predicted molar refractivity (Wildman–Crippen MR) is 148 cm³/mol. The molecule has 1 nitrogen and oxygen atoms in total. The molecule has 1 atom stereocenters. The van der Waals surface area contributed by atoms with Crippen molar-refractivity contribution in [2.75, 3.05) is 0 Å². The molecule has 0 amide bonds. The van der Waals surface area contributed by atoms with Crippen molar-refractivity contribution >= 4 is 40.0 Å². The number of aliphatic imine (C=N–C) groups is 1. The minimum atomic E-state index is 0.534. The van der Waals surface area contributed by atoms with E-state index in [0.717, 1.165) is 6.42 Å². The van der Waals surface area contributed by atoms with Gasteiger partial charge in [-0.05, 0) is 75.4 Å². The third-order valence-electron chi connectivity index (χ3n) is 7.09. The van der Waals surface area contributed by atoms with Crippen LogP contribution in [0.3, 0.4) is 0 Å². The average Bonchev–Trinajstić information content (AvgIpc) is 3.24. The van der Waals surface area contributed by atoms with Crippen LogP contribution >= 0.6 is 11.3 Å². The van der Waals surface area contributed by atoms with Crippen LogP contribution in [-0.2, 0) is 12.8 Å². The summed E-state index contributed by atoms with van der Waals surface area (Å²) in [4.78, 5) is 5.40. The van der Waals surface area contributed by atoms with Gasteiger partial charge in [-0.1, -0.05) is 84.5 Å². The molecule has 0 spiro atoms. The first-order valence-corrected chi connectivity index (χ1v) is 13.0. The first-order chi connectivity index (χ1) is 16.9. The van der Waals surface area contributed by atoms with Crippen molar-refractivity contribution in [3.05, 3.63) is 129 Å². The number of hydrogen-bond donors (Lipinski definition) is 0. The van der Waals surface area contributed by atoms with Gasteiger partial charge in [-0.15, -0.1) is 11.3 Å². The second-order valence-electron chi connectivity index (χ2n) is 9.07. The summed E-state index contributed by atoms with van der Waals surface area (Å²) < 4.78 is 0. The van der Waals surface area contributed by atoms with Gasteiger partial charge >= 0.3 is 0 Å². The maximum atomic E-state index is 4.06. The van der Waals surface area contributed by atoms with Gasteiger partial charge in [-0.2, -0.15) is 0 Å². The van der Waals surface area contributed by atoms with E-state index in [-0.39, 0.29) is 0 Å². The molecule has 2 heterocycles. The quantitative estimate of drug-likeness (QED) is 0.271. The molecule has 166 valence electrons. The van der Waals surface area contributed by atoms with Crippen LogP contribution < -0.4 is 0 Å². The van der Waals surface area contributed by atoms with Gasteiger partial charge in [0.25, 0.3) is 0 Å². The minimum absolute atomic E-state index is 0.534. The van der Waals surface area contributed by atoms with Crippen LogP contribution in [0.1, 0.15) is 45.9 Å². The van der Waals surface area contributed by atoms with Gasteiger partial charge in [-0.3, -0.25) is 4.99 Å². The lowest BCUT2D eigenvalue weighted by Gasteiger charge is -2.29. The fourth-order valence-electron chi connectivity index (χ4n) is 5.34. The maximum Gasteiger partial charge on any atom is 0.0321 e. The Morgan fingerprint density at radius 3 is 2.65 bits per heavy atom. The summed E-state index contributed by atoms with van der Waals surface area (Å²) in [6.45, 7) is 0. The second-order valence-corrected chi connectivity index (χ2v) is 10.0. The highest BCUT2D eigenvalue weighted by atomic mass is 32.1. The number of hydrogen-bond acceptors (Lipinski definition) is 2. The molecule has 3 aliphatic rings. The number of benzene rings is 3. The molecule has 0 N–H and O–H groups in total. The number of nitrogens with zero attached hydrogens (tertiary/aromatic N) is 1. The molecule has 0 fully saturated rings. The van der Waals surface area contributed by atoms with Gasteiger partial charge in [0.15, 0.2) is 0 Å². The first-order valence-electron chi connectivity index (χ1n) is 12.1. The lowest BCUT2D eigenvalue weighted by atomic mass is 9.76. The van der Waals surface area contributed by atoms with Crippen LogP contribution in [-0.4, -0.2) is 6.21 Å². The fourth-order valence-corrected chi connectivity index (χ4v) is 6.16. The number of thiophene rings is 1. The summed E-state index contributed by atoms with van der Waals surface area (Å²) in [7, 11) is 0. The number of rotatable bonds is 1. The fraction of sp³-hybridized carbons (Fsp3) is 0.156. The van der Waals surface area contributed by atoms with Crippen molar-refractivity contribution in [3.63, 3.8) is 0 Å². The van der Waals surface area contributed by atoms with Crippen LogP contribution in [0, 0.1) is 0 Å². The molecule has 1 unspecified atom stereocenters.